The number of aliphatic hydroxyl groups is 1. The number of hydrogen-bond donors (Lipinski definition) is 3. The van der Waals surface area contributed by atoms with Crippen molar-refractivity contribution in [3.8, 4) is 0 Å². The van der Waals surface area contributed by atoms with Crippen LogP contribution >= 0.6 is 11.6 Å². The van der Waals surface area contributed by atoms with Gasteiger partial charge in [0.2, 0.25) is 0 Å². The van der Waals surface area contributed by atoms with Crippen LogP contribution in [0.15, 0.2) is 17.0 Å². The zero-order chi connectivity index (χ0) is 17.1. The smallest absolute Gasteiger partial charge is 0.337 e. The van der Waals surface area contributed by atoms with Crippen LogP contribution in [0.25, 0.3) is 0 Å². The SMILES string of the molecule is CC(CO)CNC(=O)c1c(S(C)(=O)=O)ccc(C(=O)O)c1Cl. The Kier molecular flexibility index (Phi) is 5.92. The Morgan fingerprint density at radius 2 is 1.95 bits per heavy atom. The Balaban J connectivity index is 3.38. The minimum Gasteiger partial charge on any atom is -0.478 e. The second-order valence-corrected chi connectivity index (χ2v) is 7.24. The summed E-state index contributed by atoms with van der Waals surface area (Å²) in [6, 6.07) is 2.07. The molecule has 1 amide bonds. The summed E-state index contributed by atoms with van der Waals surface area (Å²) in [6.45, 7) is 1.60. The summed E-state index contributed by atoms with van der Waals surface area (Å²) in [7, 11) is -3.78. The highest BCUT2D eigenvalue weighted by Gasteiger charge is 2.26. The molecule has 0 aliphatic rings. The molecule has 0 radical (unpaired) electrons. The van der Waals surface area contributed by atoms with Crippen molar-refractivity contribution in [2.75, 3.05) is 19.4 Å². The average molecular weight is 350 g/mol. The Hall–Kier alpha value is -1.64. The number of aromatic carboxylic acids is 1. The van der Waals surface area contributed by atoms with Crippen LogP contribution in [0.1, 0.15) is 27.6 Å². The van der Waals surface area contributed by atoms with Gasteiger partial charge in [0.05, 0.1) is 21.0 Å². The van der Waals surface area contributed by atoms with Gasteiger partial charge in [-0.25, -0.2) is 13.2 Å². The number of carbonyl (C=O) groups is 2. The molecule has 9 heteroatoms. The van der Waals surface area contributed by atoms with Gasteiger partial charge in [0.25, 0.3) is 5.91 Å². The molecule has 0 aliphatic heterocycles. The third kappa shape index (κ3) is 4.19. The van der Waals surface area contributed by atoms with E-state index in [2.05, 4.69) is 5.32 Å². The van der Waals surface area contributed by atoms with E-state index in [1.807, 2.05) is 0 Å². The largest absolute Gasteiger partial charge is 0.478 e. The number of hydrogen-bond acceptors (Lipinski definition) is 5. The maximum absolute atomic E-state index is 12.2. The van der Waals surface area contributed by atoms with E-state index < -0.39 is 32.3 Å². The zero-order valence-electron chi connectivity index (χ0n) is 12.0. The molecule has 1 unspecified atom stereocenters. The van der Waals surface area contributed by atoms with Gasteiger partial charge in [0.1, 0.15) is 0 Å². The molecule has 1 atom stereocenters. The first-order valence-electron chi connectivity index (χ1n) is 6.24. The molecule has 7 nitrogen and oxygen atoms in total. The van der Waals surface area contributed by atoms with Gasteiger partial charge in [-0.15, -0.1) is 0 Å². The van der Waals surface area contributed by atoms with Gasteiger partial charge in [0, 0.05) is 19.4 Å². The van der Waals surface area contributed by atoms with Gasteiger partial charge < -0.3 is 15.5 Å². The summed E-state index contributed by atoms with van der Waals surface area (Å²) < 4.78 is 23.5. The lowest BCUT2D eigenvalue weighted by Gasteiger charge is -2.14. The van der Waals surface area contributed by atoms with Crippen molar-refractivity contribution in [3.63, 3.8) is 0 Å². The lowest BCUT2D eigenvalue weighted by Crippen LogP contribution is -2.31. The van der Waals surface area contributed by atoms with E-state index in [0.717, 1.165) is 18.4 Å². The lowest BCUT2D eigenvalue weighted by atomic mass is 10.1. The normalized spacial score (nSPS) is 12.7. The van der Waals surface area contributed by atoms with E-state index in [1.165, 1.54) is 0 Å². The van der Waals surface area contributed by atoms with E-state index >= 15 is 0 Å². The molecule has 1 aromatic rings. The number of sulfone groups is 1. The van der Waals surface area contributed by atoms with E-state index in [4.69, 9.17) is 21.8 Å². The quantitative estimate of drug-likeness (QED) is 0.698. The van der Waals surface area contributed by atoms with Crippen molar-refractivity contribution in [2.45, 2.75) is 11.8 Å². The number of amides is 1. The van der Waals surface area contributed by atoms with Gasteiger partial charge in [-0.05, 0) is 18.1 Å². The molecule has 1 rings (SSSR count). The minimum absolute atomic E-state index is 0.0894. The first-order valence-corrected chi connectivity index (χ1v) is 8.51. The van der Waals surface area contributed by atoms with E-state index in [9.17, 15) is 18.0 Å². The van der Waals surface area contributed by atoms with Crippen LogP contribution in [-0.2, 0) is 9.84 Å². The maximum atomic E-state index is 12.2. The molecule has 3 N–H and O–H groups in total. The van der Waals surface area contributed by atoms with Crippen LogP contribution in [0, 0.1) is 5.92 Å². The Bertz CT molecular complexity index is 701. The molecule has 0 heterocycles. The van der Waals surface area contributed by atoms with Crippen LogP contribution in [-0.4, -0.2) is 49.9 Å². The molecule has 22 heavy (non-hydrogen) atoms. The van der Waals surface area contributed by atoms with E-state index in [1.54, 1.807) is 6.92 Å². The molecule has 122 valence electrons. The van der Waals surface area contributed by atoms with Crippen molar-refractivity contribution in [3.05, 3.63) is 28.3 Å². The van der Waals surface area contributed by atoms with Crippen LogP contribution in [0.5, 0.6) is 0 Å². The number of nitrogens with one attached hydrogen (secondary N) is 1. The molecule has 1 aromatic carbocycles. The summed E-state index contributed by atoms with van der Waals surface area (Å²) in [6.07, 6.45) is 0.895. The standard InChI is InChI=1S/C13H16ClNO6S/c1-7(6-16)5-15-12(17)10-9(22(2,20)21)4-3-8(11(10)14)13(18)19/h3-4,7,16H,5-6H2,1-2H3,(H,15,17)(H,18,19). The molecule has 0 spiro atoms. The molecular weight excluding hydrogens is 334 g/mol. The first-order chi connectivity index (χ1) is 10.1. The summed E-state index contributed by atoms with van der Waals surface area (Å²) >= 11 is 5.90. The number of benzene rings is 1. The number of carbonyl (C=O) groups excluding carboxylic acids is 1. The molecular formula is C13H16ClNO6S. The number of carboxylic acid groups (broad SMARTS) is 1. The van der Waals surface area contributed by atoms with Crippen molar-refractivity contribution in [1.82, 2.24) is 5.32 Å². The molecule has 0 aromatic heterocycles. The molecule has 0 saturated carbocycles. The second-order valence-electron chi connectivity index (χ2n) is 4.88. The van der Waals surface area contributed by atoms with Gasteiger partial charge in [-0.3, -0.25) is 4.79 Å². The fourth-order valence-corrected chi connectivity index (χ4v) is 2.93. The number of halogens is 1. The predicted octanol–water partition coefficient (Wildman–Crippen LogP) is 0.800. The third-order valence-electron chi connectivity index (χ3n) is 2.88. The first kappa shape index (κ1) is 18.4. The topological polar surface area (TPSA) is 121 Å². The van der Waals surface area contributed by atoms with Crippen molar-refractivity contribution >= 4 is 33.3 Å². The summed E-state index contributed by atoms with van der Waals surface area (Å²) in [5, 5.41) is 19.9. The molecule has 0 saturated heterocycles. The number of carboxylic acids is 1. The molecule has 0 aliphatic carbocycles. The highest BCUT2D eigenvalue weighted by Crippen LogP contribution is 2.28. The predicted molar refractivity (Wildman–Crippen MR) is 80.1 cm³/mol. The Labute approximate surface area is 132 Å². The molecule has 0 fully saturated rings. The van der Waals surface area contributed by atoms with Gasteiger partial charge in [-0.1, -0.05) is 18.5 Å². The second kappa shape index (κ2) is 7.08. The Morgan fingerprint density at radius 1 is 1.36 bits per heavy atom. The number of rotatable bonds is 6. The summed E-state index contributed by atoms with van der Waals surface area (Å²) in [5.41, 5.74) is -0.774. The van der Waals surface area contributed by atoms with Gasteiger partial charge in [0.15, 0.2) is 9.84 Å². The van der Waals surface area contributed by atoms with Crippen molar-refractivity contribution in [2.24, 2.45) is 5.92 Å². The third-order valence-corrected chi connectivity index (χ3v) is 4.42. The highest BCUT2D eigenvalue weighted by molar-refractivity contribution is 7.90. The summed E-state index contributed by atoms with van der Waals surface area (Å²) in [5.74, 6) is -2.43. The van der Waals surface area contributed by atoms with Crippen molar-refractivity contribution in [1.29, 1.82) is 0 Å². The fourth-order valence-electron chi connectivity index (χ4n) is 1.66. The Morgan fingerprint density at radius 3 is 2.41 bits per heavy atom. The van der Waals surface area contributed by atoms with Crippen LogP contribution in [0.2, 0.25) is 5.02 Å². The average Bonchev–Trinajstić information content (AvgIpc) is 2.42. The van der Waals surface area contributed by atoms with Crippen LogP contribution < -0.4 is 5.32 Å². The maximum Gasteiger partial charge on any atom is 0.337 e. The highest BCUT2D eigenvalue weighted by atomic mass is 35.5. The lowest BCUT2D eigenvalue weighted by molar-refractivity contribution is 0.0697. The van der Waals surface area contributed by atoms with Gasteiger partial charge in [-0.2, -0.15) is 0 Å². The monoisotopic (exact) mass is 349 g/mol. The fraction of sp³-hybridized carbons (Fsp3) is 0.385. The van der Waals surface area contributed by atoms with Crippen LogP contribution in [0.3, 0.4) is 0 Å². The van der Waals surface area contributed by atoms with E-state index in [0.29, 0.717) is 0 Å². The summed E-state index contributed by atoms with van der Waals surface area (Å²) in [4.78, 5) is 22.9. The minimum atomic E-state index is -3.78. The molecule has 0 bridgehead atoms. The van der Waals surface area contributed by atoms with E-state index in [-0.39, 0.29) is 29.5 Å². The zero-order valence-corrected chi connectivity index (χ0v) is 13.5. The van der Waals surface area contributed by atoms with Gasteiger partial charge >= 0.3 is 5.97 Å². The van der Waals surface area contributed by atoms with Crippen LogP contribution in [0.4, 0.5) is 0 Å². The van der Waals surface area contributed by atoms with Crippen molar-refractivity contribution < 1.29 is 28.2 Å². The number of aliphatic hydroxyl groups excluding tert-OH is 1.